The van der Waals surface area contributed by atoms with E-state index < -0.39 is 0 Å². The molecule has 0 fully saturated rings. The molecule has 0 bridgehead atoms. The number of aryl methyl sites for hydroxylation is 1. The zero-order valence-corrected chi connectivity index (χ0v) is 11.5. The Morgan fingerprint density at radius 2 is 2.12 bits per heavy atom. The highest BCUT2D eigenvalue weighted by molar-refractivity contribution is 9.10. The lowest BCUT2D eigenvalue weighted by Gasteiger charge is -2.10. The lowest BCUT2D eigenvalue weighted by atomic mass is 10.2. The molecule has 0 amide bonds. The van der Waals surface area contributed by atoms with Gasteiger partial charge in [-0.1, -0.05) is 17.7 Å². The largest absolute Gasteiger partial charge is 0.396 e. The summed E-state index contributed by atoms with van der Waals surface area (Å²) in [5, 5.41) is 3.76. The van der Waals surface area contributed by atoms with E-state index in [9.17, 15) is 0 Å². The second-order valence-electron chi connectivity index (χ2n) is 3.70. The SMILES string of the molecule is Cc1ccc(Cl)c(Nc2ncc(Br)cc2N)c1. The van der Waals surface area contributed by atoms with Gasteiger partial charge in [-0.25, -0.2) is 4.98 Å². The third-order valence-corrected chi connectivity index (χ3v) is 3.02. The molecule has 0 aliphatic carbocycles. The van der Waals surface area contributed by atoms with Crippen LogP contribution in [0.1, 0.15) is 5.56 Å². The average molecular weight is 313 g/mol. The van der Waals surface area contributed by atoms with Crippen molar-refractivity contribution in [3.8, 4) is 0 Å². The van der Waals surface area contributed by atoms with Crippen LogP contribution < -0.4 is 11.1 Å². The number of halogens is 2. The van der Waals surface area contributed by atoms with Crippen LogP contribution in [0.3, 0.4) is 0 Å². The number of anilines is 3. The lowest BCUT2D eigenvalue weighted by molar-refractivity contribution is 1.29. The van der Waals surface area contributed by atoms with Crippen LogP contribution in [0, 0.1) is 6.92 Å². The number of nitrogen functional groups attached to an aromatic ring is 1. The molecule has 0 aliphatic rings. The average Bonchev–Trinajstić information content (AvgIpc) is 2.27. The predicted molar refractivity (Wildman–Crippen MR) is 75.8 cm³/mol. The molecular weight excluding hydrogens is 302 g/mol. The molecule has 0 radical (unpaired) electrons. The molecule has 0 spiro atoms. The number of nitrogens with two attached hydrogens (primary N) is 1. The van der Waals surface area contributed by atoms with E-state index in [0.717, 1.165) is 15.7 Å². The van der Waals surface area contributed by atoms with Gasteiger partial charge in [-0.05, 0) is 46.6 Å². The van der Waals surface area contributed by atoms with Crippen molar-refractivity contribution < 1.29 is 0 Å². The van der Waals surface area contributed by atoms with Crippen molar-refractivity contribution in [2.45, 2.75) is 6.92 Å². The molecule has 88 valence electrons. The molecule has 2 aromatic rings. The minimum Gasteiger partial charge on any atom is -0.396 e. The molecule has 1 aromatic carbocycles. The van der Waals surface area contributed by atoms with Crippen molar-refractivity contribution in [2.75, 3.05) is 11.1 Å². The van der Waals surface area contributed by atoms with Gasteiger partial charge in [0.25, 0.3) is 0 Å². The predicted octanol–water partition coefficient (Wildman–Crippen LogP) is 4.13. The van der Waals surface area contributed by atoms with Gasteiger partial charge in [0, 0.05) is 10.7 Å². The first-order chi connectivity index (χ1) is 8.06. The maximum atomic E-state index is 6.09. The summed E-state index contributed by atoms with van der Waals surface area (Å²) in [5.74, 6) is 0.598. The first-order valence-corrected chi connectivity index (χ1v) is 6.17. The van der Waals surface area contributed by atoms with Gasteiger partial charge in [0.2, 0.25) is 0 Å². The summed E-state index contributed by atoms with van der Waals surface area (Å²) in [4.78, 5) is 4.20. The Morgan fingerprint density at radius 1 is 1.35 bits per heavy atom. The van der Waals surface area contributed by atoms with Gasteiger partial charge in [-0.15, -0.1) is 0 Å². The summed E-state index contributed by atoms with van der Waals surface area (Å²) in [7, 11) is 0. The fraction of sp³-hybridized carbons (Fsp3) is 0.0833. The minimum atomic E-state index is 0.567. The molecule has 0 atom stereocenters. The number of aromatic nitrogens is 1. The van der Waals surface area contributed by atoms with E-state index in [1.807, 2.05) is 25.1 Å². The Kier molecular flexibility index (Phi) is 3.54. The highest BCUT2D eigenvalue weighted by Gasteiger charge is 2.05. The van der Waals surface area contributed by atoms with Gasteiger partial charge in [0.05, 0.1) is 16.4 Å². The first-order valence-electron chi connectivity index (χ1n) is 5.00. The van der Waals surface area contributed by atoms with Crippen molar-refractivity contribution in [3.05, 3.63) is 45.5 Å². The van der Waals surface area contributed by atoms with Crippen LogP contribution in [-0.4, -0.2) is 4.98 Å². The van der Waals surface area contributed by atoms with Crippen LogP contribution in [0.4, 0.5) is 17.2 Å². The van der Waals surface area contributed by atoms with E-state index >= 15 is 0 Å². The number of nitrogens with zero attached hydrogens (tertiary/aromatic N) is 1. The topological polar surface area (TPSA) is 50.9 Å². The number of hydrogen-bond acceptors (Lipinski definition) is 3. The molecule has 3 N–H and O–H groups in total. The van der Waals surface area contributed by atoms with Crippen LogP contribution in [-0.2, 0) is 0 Å². The van der Waals surface area contributed by atoms with Crippen LogP contribution in [0.15, 0.2) is 34.9 Å². The smallest absolute Gasteiger partial charge is 0.153 e. The molecule has 0 unspecified atom stereocenters. The lowest BCUT2D eigenvalue weighted by Crippen LogP contribution is -1.99. The fourth-order valence-electron chi connectivity index (χ4n) is 1.42. The molecule has 3 nitrogen and oxygen atoms in total. The number of nitrogens with one attached hydrogen (secondary N) is 1. The van der Waals surface area contributed by atoms with Crippen LogP contribution >= 0.6 is 27.5 Å². The molecular formula is C12H11BrClN3. The zero-order chi connectivity index (χ0) is 12.4. The van der Waals surface area contributed by atoms with Crippen molar-refractivity contribution in [1.29, 1.82) is 0 Å². The van der Waals surface area contributed by atoms with Gasteiger partial charge in [-0.2, -0.15) is 0 Å². The molecule has 0 aliphatic heterocycles. The van der Waals surface area contributed by atoms with E-state index in [-0.39, 0.29) is 0 Å². The summed E-state index contributed by atoms with van der Waals surface area (Å²) < 4.78 is 0.843. The zero-order valence-electron chi connectivity index (χ0n) is 9.17. The number of rotatable bonds is 2. The van der Waals surface area contributed by atoms with Crippen LogP contribution in [0.25, 0.3) is 0 Å². The Balaban J connectivity index is 2.34. The summed E-state index contributed by atoms with van der Waals surface area (Å²) in [5.41, 5.74) is 8.34. The van der Waals surface area contributed by atoms with E-state index in [0.29, 0.717) is 16.5 Å². The maximum absolute atomic E-state index is 6.09. The minimum absolute atomic E-state index is 0.567. The van der Waals surface area contributed by atoms with Crippen molar-refractivity contribution in [2.24, 2.45) is 0 Å². The Labute approximate surface area is 113 Å². The highest BCUT2D eigenvalue weighted by Crippen LogP contribution is 2.28. The first kappa shape index (κ1) is 12.2. The fourth-order valence-corrected chi connectivity index (χ4v) is 1.94. The standard InChI is InChI=1S/C12H11BrClN3/c1-7-2-3-9(14)11(4-7)17-12-10(15)5-8(13)6-16-12/h2-6H,15H2,1H3,(H,16,17). The van der Waals surface area contributed by atoms with Crippen molar-refractivity contribution in [1.82, 2.24) is 4.98 Å². The number of hydrogen-bond donors (Lipinski definition) is 2. The van der Waals surface area contributed by atoms with Gasteiger partial charge < -0.3 is 11.1 Å². The second-order valence-corrected chi connectivity index (χ2v) is 5.02. The van der Waals surface area contributed by atoms with Gasteiger partial charge in [0.15, 0.2) is 5.82 Å². The van der Waals surface area contributed by atoms with Crippen molar-refractivity contribution in [3.63, 3.8) is 0 Å². The molecule has 5 heteroatoms. The Morgan fingerprint density at radius 3 is 2.82 bits per heavy atom. The van der Waals surface area contributed by atoms with Crippen LogP contribution in [0.5, 0.6) is 0 Å². The van der Waals surface area contributed by atoms with Crippen molar-refractivity contribution >= 4 is 44.7 Å². The molecule has 1 aromatic heterocycles. The van der Waals surface area contributed by atoms with Gasteiger partial charge in [0.1, 0.15) is 0 Å². The van der Waals surface area contributed by atoms with E-state index in [4.69, 9.17) is 17.3 Å². The normalized spacial score (nSPS) is 10.3. The Hall–Kier alpha value is -1.26. The molecule has 17 heavy (non-hydrogen) atoms. The maximum Gasteiger partial charge on any atom is 0.153 e. The molecule has 0 saturated carbocycles. The number of pyridine rings is 1. The third kappa shape index (κ3) is 2.90. The quantitative estimate of drug-likeness (QED) is 0.876. The molecule has 0 saturated heterocycles. The molecule has 1 heterocycles. The number of benzene rings is 1. The highest BCUT2D eigenvalue weighted by atomic mass is 79.9. The van der Waals surface area contributed by atoms with Crippen LogP contribution in [0.2, 0.25) is 5.02 Å². The Bertz CT molecular complexity index is 557. The monoisotopic (exact) mass is 311 g/mol. The van der Waals surface area contributed by atoms with E-state index in [2.05, 4.69) is 26.2 Å². The summed E-state index contributed by atoms with van der Waals surface area (Å²) in [6, 6.07) is 7.53. The summed E-state index contributed by atoms with van der Waals surface area (Å²) in [6.07, 6.45) is 1.68. The van der Waals surface area contributed by atoms with Gasteiger partial charge >= 0.3 is 0 Å². The van der Waals surface area contributed by atoms with E-state index in [1.165, 1.54) is 0 Å². The summed E-state index contributed by atoms with van der Waals surface area (Å²) in [6.45, 7) is 2.00. The van der Waals surface area contributed by atoms with E-state index in [1.54, 1.807) is 12.3 Å². The second kappa shape index (κ2) is 4.94. The summed E-state index contributed by atoms with van der Waals surface area (Å²) >= 11 is 9.40. The molecule has 2 rings (SSSR count). The van der Waals surface area contributed by atoms with Gasteiger partial charge in [-0.3, -0.25) is 0 Å². The third-order valence-electron chi connectivity index (χ3n) is 2.26.